The number of esters is 4. The second-order valence-corrected chi connectivity index (χ2v) is 35.6. The molecule has 0 aliphatic carbocycles. The lowest BCUT2D eigenvalue weighted by molar-refractivity contribution is -0.161. The molecule has 17 nitrogen and oxygen atoms in total. The van der Waals surface area contributed by atoms with Gasteiger partial charge in [-0.1, -0.05) is 427 Å². The highest BCUT2D eigenvalue weighted by atomic mass is 31.2. The number of carbonyl (C=O) groups is 4. The summed E-state index contributed by atoms with van der Waals surface area (Å²) in [6.07, 6.45) is 73.8. The minimum atomic E-state index is -4.97. The van der Waals surface area contributed by atoms with E-state index in [0.29, 0.717) is 25.7 Å². The first kappa shape index (κ1) is 106. The van der Waals surface area contributed by atoms with E-state index in [9.17, 15) is 43.2 Å². The lowest BCUT2D eigenvalue weighted by Gasteiger charge is -2.21. The van der Waals surface area contributed by atoms with Gasteiger partial charge in [0.25, 0.3) is 0 Å². The zero-order valence-corrected chi connectivity index (χ0v) is 73.0. The van der Waals surface area contributed by atoms with Crippen LogP contribution in [0.3, 0.4) is 0 Å². The summed E-state index contributed by atoms with van der Waals surface area (Å²) in [6.45, 7) is 9.74. The van der Waals surface area contributed by atoms with Crippen molar-refractivity contribution in [3.63, 3.8) is 0 Å². The predicted molar refractivity (Wildman–Crippen MR) is 446 cm³/mol. The van der Waals surface area contributed by atoms with Crippen LogP contribution in [0.4, 0.5) is 0 Å². The molecule has 642 valence electrons. The highest BCUT2D eigenvalue weighted by Crippen LogP contribution is 2.45. The van der Waals surface area contributed by atoms with Crippen LogP contribution in [0.15, 0.2) is 0 Å². The van der Waals surface area contributed by atoms with E-state index in [1.807, 2.05) is 0 Å². The number of unbranched alkanes of at least 4 members (excludes halogenated alkanes) is 57. The summed E-state index contributed by atoms with van der Waals surface area (Å²) in [5.41, 5.74) is 0. The maximum atomic E-state index is 13.2. The number of ether oxygens (including phenoxy) is 4. The number of phosphoric ester groups is 2. The lowest BCUT2D eigenvalue weighted by Crippen LogP contribution is -2.30. The van der Waals surface area contributed by atoms with Crippen LogP contribution in [-0.2, 0) is 65.4 Å². The van der Waals surface area contributed by atoms with Gasteiger partial charge in [-0.3, -0.25) is 37.3 Å². The van der Waals surface area contributed by atoms with Crippen molar-refractivity contribution in [3.05, 3.63) is 0 Å². The van der Waals surface area contributed by atoms with Crippen LogP contribution in [0.2, 0.25) is 0 Å². The van der Waals surface area contributed by atoms with E-state index in [1.54, 1.807) is 0 Å². The van der Waals surface area contributed by atoms with Crippen molar-refractivity contribution in [2.75, 3.05) is 39.6 Å². The molecule has 3 N–H and O–H groups in total. The average molecular weight is 1580 g/mol. The number of aliphatic hydroxyl groups is 1. The molecule has 0 aliphatic heterocycles. The third-order valence-corrected chi connectivity index (χ3v) is 23.2. The molecule has 0 aliphatic rings. The molecule has 3 unspecified atom stereocenters. The molecule has 0 rings (SSSR count). The Bertz CT molecular complexity index is 2070. The fourth-order valence-electron chi connectivity index (χ4n) is 13.9. The maximum Gasteiger partial charge on any atom is 0.472 e. The molecular formula is C89H174O17P2. The Labute approximate surface area is 664 Å². The zero-order chi connectivity index (χ0) is 79.2. The third kappa shape index (κ3) is 80.7. The molecule has 0 saturated carbocycles. The molecular weight excluding hydrogens is 1400 g/mol. The molecule has 108 heavy (non-hydrogen) atoms. The number of hydrogen-bond donors (Lipinski definition) is 3. The number of rotatable bonds is 88. The number of aliphatic hydroxyl groups excluding tert-OH is 1. The van der Waals surface area contributed by atoms with Crippen LogP contribution < -0.4 is 0 Å². The van der Waals surface area contributed by atoms with Gasteiger partial charge in [0.15, 0.2) is 12.2 Å². The van der Waals surface area contributed by atoms with Crippen LogP contribution >= 0.6 is 15.6 Å². The standard InChI is InChI=1S/C89H174O17P2/c1-7-10-12-14-16-18-19-20-21-22-23-24-25-26-30-33-38-43-48-54-60-66-72-87(92)100-78-85(106-89(94)73-67-61-55-49-44-39-34-31-28-27-29-32-37-42-47-52-58-64-70-82(6)9-3)80-104-108(97,98)102-76-83(90)75-101-107(95,96)103-79-84(77-99-86(91)71-65-59-53-17-15-13-11-8-2)105-88(93)74-68-62-56-50-45-40-35-36-41-46-51-57-63-69-81(4)5/h81-85,90H,7-80H2,1-6H3,(H,95,96)(H,97,98)/t82?,83-,84+,85+/m0/s1. The van der Waals surface area contributed by atoms with E-state index < -0.39 is 97.5 Å². The van der Waals surface area contributed by atoms with Gasteiger partial charge in [0, 0.05) is 25.7 Å². The van der Waals surface area contributed by atoms with Gasteiger partial charge in [-0.05, 0) is 37.5 Å². The van der Waals surface area contributed by atoms with Gasteiger partial charge in [0.05, 0.1) is 26.4 Å². The fraction of sp³-hybridized carbons (Fsp3) is 0.955. The number of phosphoric acid groups is 2. The van der Waals surface area contributed by atoms with E-state index in [1.165, 1.54) is 289 Å². The van der Waals surface area contributed by atoms with E-state index in [0.717, 1.165) is 108 Å². The first-order chi connectivity index (χ1) is 52.4. The van der Waals surface area contributed by atoms with Gasteiger partial charge in [-0.2, -0.15) is 0 Å². The molecule has 0 bridgehead atoms. The highest BCUT2D eigenvalue weighted by Gasteiger charge is 2.31. The summed E-state index contributed by atoms with van der Waals surface area (Å²) < 4.78 is 68.9. The molecule has 0 aromatic heterocycles. The van der Waals surface area contributed by atoms with Crippen molar-refractivity contribution in [1.29, 1.82) is 0 Å². The molecule has 0 amide bonds. The minimum absolute atomic E-state index is 0.107. The molecule has 0 fully saturated rings. The summed E-state index contributed by atoms with van der Waals surface area (Å²) in [6, 6.07) is 0. The molecule has 19 heteroatoms. The second-order valence-electron chi connectivity index (χ2n) is 32.7. The van der Waals surface area contributed by atoms with Crippen molar-refractivity contribution in [1.82, 2.24) is 0 Å². The Balaban J connectivity index is 5.17. The Kier molecular flexibility index (Phi) is 78.8. The largest absolute Gasteiger partial charge is 0.472 e. The summed E-state index contributed by atoms with van der Waals surface area (Å²) in [7, 11) is -9.93. The quantitative estimate of drug-likeness (QED) is 0.0222. The Morgan fingerprint density at radius 3 is 0.704 bits per heavy atom. The summed E-state index contributed by atoms with van der Waals surface area (Å²) in [5, 5.41) is 10.7. The Morgan fingerprint density at radius 1 is 0.269 bits per heavy atom. The first-order valence-corrected chi connectivity index (χ1v) is 49.0. The predicted octanol–water partition coefficient (Wildman–Crippen LogP) is 27.4. The molecule has 0 saturated heterocycles. The summed E-state index contributed by atoms with van der Waals surface area (Å²) in [4.78, 5) is 73.2. The number of hydrogen-bond acceptors (Lipinski definition) is 15. The van der Waals surface area contributed by atoms with E-state index in [-0.39, 0.29) is 25.7 Å². The van der Waals surface area contributed by atoms with Crippen LogP contribution in [-0.4, -0.2) is 96.7 Å². The van der Waals surface area contributed by atoms with Crippen LogP contribution in [0.25, 0.3) is 0 Å². The zero-order valence-electron chi connectivity index (χ0n) is 71.2. The summed E-state index contributed by atoms with van der Waals surface area (Å²) >= 11 is 0. The first-order valence-electron chi connectivity index (χ1n) is 46.0. The topological polar surface area (TPSA) is 237 Å². The van der Waals surface area contributed by atoms with Gasteiger partial charge >= 0.3 is 39.5 Å². The minimum Gasteiger partial charge on any atom is -0.462 e. The van der Waals surface area contributed by atoms with Crippen LogP contribution in [0, 0.1) is 11.8 Å². The van der Waals surface area contributed by atoms with E-state index >= 15 is 0 Å². The van der Waals surface area contributed by atoms with Crippen molar-refractivity contribution in [3.8, 4) is 0 Å². The lowest BCUT2D eigenvalue weighted by atomic mass is 9.99. The summed E-state index contributed by atoms with van der Waals surface area (Å²) in [5.74, 6) is -0.445. The monoisotopic (exact) mass is 1580 g/mol. The van der Waals surface area contributed by atoms with Gasteiger partial charge in [-0.15, -0.1) is 0 Å². The van der Waals surface area contributed by atoms with E-state index in [4.69, 9.17) is 37.0 Å². The molecule has 6 atom stereocenters. The molecule has 0 radical (unpaired) electrons. The number of carbonyl (C=O) groups excluding carboxylic acids is 4. The fourth-order valence-corrected chi connectivity index (χ4v) is 15.5. The van der Waals surface area contributed by atoms with Crippen molar-refractivity contribution < 1.29 is 80.2 Å². The van der Waals surface area contributed by atoms with Crippen molar-refractivity contribution in [2.45, 2.75) is 496 Å². The van der Waals surface area contributed by atoms with Gasteiger partial charge in [0.1, 0.15) is 19.3 Å². The van der Waals surface area contributed by atoms with Crippen molar-refractivity contribution >= 4 is 39.5 Å². The molecule has 0 aromatic carbocycles. The molecule has 0 spiro atoms. The third-order valence-electron chi connectivity index (χ3n) is 21.3. The van der Waals surface area contributed by atoms with Crippen LogP contribution in [0.5, 0.6) is 0 Å². The van der Waals surface area contributed by atoms with Gasteiger partial charge < -0.3 is 33.8 Å². The van der Waals surface area contributed by atoms with Gasteiger partial charge in [-0.25, -0.2) is 9.13 Å². The van der Waals surface area contributed by atoms with Crippen LogP contribution in [0.1, 0.15) is 478 Å². The smallest absolute Gasteiger partial charge is 0.462 e. The molecule has 0 aromatic rings. The highest BCUT2D eigenvalue weighted by molar-refractivity contribution is 7.47. The molecule has 0 heterocycles. The SMILES string of the molecule is CCCCCCCCCCCCCCCCCCCCCCCCC(=O)OC[C@H](COP(=O)(O)OC[C@@H](O)COP(=O)(O)OC[C@@H](COC(=O)CCCCCCCCCC)OC(=O)CCCCCCCCCCCCCCCC(C)C)OC(=O)CCCCCCCCCCCCCCCCCCCCC(C)CC. The Morgan fingerprint density at radius 2 is 0.472 bits per heavy atom. The van der Waals surface area contributed by atoms with Crippen molar-refractivity contribution in [2.24, 2.45) is 11.8 Å². The Hall–Kier alpha value is -1.94. The van der Waals surface area contributed by atoms with E-state index in [2.05, 4.69) is 41.5 Å². The normalized spacial score (nSPS) is 14.0. The second kappa shape index (κ2) is 80.3. The van der Waals surface area contributed by atoms with Gasteiger partial charge in [0.2, 0.25) is 0 Å². The average Bonchev–Trinajstić information content (AvgIpc) is 0.899. The maximum absolute atomic E-state index is 13.2.